The van der Waals surface area contributed by atoms with Gasteiger partial charge >= 0.3 is 0 Å². The Hall–Kier alpha value is -5.09. The number of hydrogen-bond donors (Lipinski definition) is 2. The molecule has 0 bridgehead atoms. The molecule has 15 heteroatoms. The summed E-state index contributed by atoms with van der Waals surface area (Å²) >= 11 is 0. The number of carbonyl (C=O) groups excluding carboxylic acids is 3. The normalized spacial score (nSPS) is 12.6. The van der Waals surface area contributed by atoms with Crippen LogP contribution in [0.15, 0.2) is 86.0 Å². The summed E-state index contributed by atoms with van der Waals surface area (Å²) < 4.78 is 15.0. The molecule has 0 aliphatic carbocycles. The molecule has 4 aromatic rings. The molecule has 5 rings (SSSR count). The highest BCUT2D eigenvalue weighted by Gasteiger charge is 2.24. The van der Waals surface area contributed by atoms with Crippen molar-refractivity contribution in [2.24, 2.45) is 5.73 Å². The largest absolute Gasteiger partial charge is 0.454 e. The molecule has 2 aromatic heterocycles. The second kappa shape index (κ2) is 25.5. The highest BCUT2D eigenvalue weighted by atomic mass is 16.7. The van der Waals surface area contributed by atoms with E-state index in [1.54, 1.807) is 23.6 Å². The standard InChI is InChI=1S/C45H66N10O5/c1-3-11-41(56)33-54(38(2)40-12-5-4-6-13-40)29-27-50(19-9-20-51-24-17-47-35-51)26-28-53(22-8-7-16-46)45(58)34-55(23-10-21-52-25-18-48-36-52)44(57)32-49-31-39-14-15-42-43(30-39)60-37-59-42/h4-6,12-15,17-18,24-25,30,35-36,38,49H,3,7-11,16,19-23,26-29,31-34,37,46H2,1-2H3. The first-order chi connectivity index (χ1) is 29.3. The molecular weight excluding hydrogens is 761 g/mol. The van der Waals surface area contributed by atoms with E-state index < -0.39 is 0 Å². The summed E-state index contributed by atoms with van der Waals surface area (Å²) in [5, 5.41) is 3.27. The zero-order valence-corrected chi connectivity index (χ0v) is 35.7. The maximum absolute atomic E-state index is 14.3. The fourth-order valence-corrected chi connectivity index (χ4v) is 7.40. The minimum Gasteiger partial charge on any atom is -0.454 e. The molecule has 326 valence electrons. The summed E-state index contributed by atoms with van der Waals surface area (Å²) in [6.07, 6.45) is 15.5. The van der Waals surface area contributed by atoms with Crippen LogP contribution in [0.5, 0.6) is 11.5 Å². The van der Waals surface area contributed by atoms with Crippen LogP contribution in [-0.4, -0.2) is 135 Å². The molecule has 15 nitrogen and oxygen atoms in total. The molecule has 0 fully saturated rings. The minimum atomic E-state index is -0.136. The van der Waals surface area contributed by atoms with Crippen molar-refractivity contribution in [2.75, 3.05) is 78.8 Å². The van der Waals surface area contributed by atoms with Gasteiger partial charge < -0.3 is 44.4 Å². The van der Waals surface area contributed by atoms with Crippen molar-refractivity contribution in [3.63, 3.8) is 0 Å². The third-order valence-electron chi connectivity index (χ3n) is 10.9. The maximum Gasteiger partial charge on any atom is 0.242 e. The van der Waals surface area contributed by atoms with Gasteiger partial charge in [-0.1, -0.05) is 43.3 Å². The first-order valence-corrected chi connectivity index (χ1v) is 21.6. The van der Waals surface area contributed by atoms with Crippen molar-refractivity contribution in [2.45, 2.75) is 78.0 Å². The van der Waals surface area contributed by atoms with Crippen molar-refractivity contribution in [1.29, 1.82) is 0 Å². The number of ketones is 1. The lowest BCUT2D eigenvalue weighted by atomic mass is 10.1. The number of rotatable bonds is 30. The molecule has 0 saturated heterocycles. The van der Waals surface area contributed by atoms with Gasteiger partial charge in [-0.2, -0.15) is 0 Å². The van der Waals surface area contributed by atoms with Crippen molar-refractivity contribution < 1.29 is 23.9 Å². The number of carbonyl (C=O) groups is 3. The SMILES string of the molecule is CCCC(=O)CN(CCN(CCCn1ccnc1)CCN(CCCCN)C(=O)CN(CCCn1ccnc1)C(=O)CNCc1ccc2c(c1)OCO2)C(C)c1ccccc1. The molecule has 3 N–H and O–H groups in total. The molecule has 1 aliphatic heterocycles. The number of hydrogen-bond acceptors (Lipinski definition) is 11. The summed E-state index contributed by atoms with van der Waals surface area (Å²) in [7, 11) is 0. The molecule has 0 spiro atoms. The van der Waals surface area contributed by atoms with E-state index in [4.69, 9.17) is 15.2 Å². The Bertz CT molecular complexity index is 1820. The number of fused-ring (bicyclic) bond motifs is 1. The number of imidazole rings is 2. The number of ether oxygens (including phenoxy) is 2. The van der Waals surface area contributed by atoms with E-state index >= 15 is 0 Å². The van der Waals surface area contributed by atoms with Crippen LogP contribution in [0.4, 0.5) is 0 Å². The summed E-state index contributed by atoms with van der Waals surface area (Å²) in [4.78, 5) is 57.7. The van der Waals surface area contributed by atoms with E-state index in [1.165, 1.54) is 5.56 Å². The number of aromatic nitrogens is 4. The quantitative estimate of drug-likeness (QED) is 0.0727. The van der Waals surface area contributed by atoms with Crippen molar-refractivity contribution in [1.82, 2.24) is 44.0 Å². The summed E-state index contributed by atoms with van der Waals surface area (Å²) in [6, 6.07) is 16.2. The second-order valence-electron chi connectivity index (χ2n) is 15.5. The number of amides is 2. The molecule has 60 heavy (non-hydrogen) atoms. The lowest BCUT2D eigenvalue weighted by molar-refractivity contribution is -0.140. The number of nitrogens with one attached hydrogen (secondary N) is 1. The number of aryl methyl sites for hydroxylation is 2. The topological polar surface area (TPSA) is 156 Å². The molecule has 1 aliphatic rings. The number of nitrogens with zero attached hydrogens (tertiary/aromatic N) is 8. The van der Waals surface area contributed by atoms with Crippen LogP contribution in [0.2, 0.25) is 0 Å². The first kappa shape index (κ1) is 46.0. The molecule has 2 amide bonds. The van der Waals surface area contributed by atoms with Crippen LogP contribution < -0.4 is 20.5 Å². The van der Waals surface area contributed by atoms with E-state index in [2.05, 4.69) is 48.7 Å². The highest BCUT2D eigenvalue weighted by Crippen LogP contribution is 2.32. The van der Waals surface area contributed by atoms with Gasteiger partial charge in [0.1, 0.15) is 5.78 Å². The molecule has 0 radical (unpaired) electrons. The van der Waals surface area contributed by atoms with Crippen LogP contribution in [0.25, 0.3) is 0 Å². The summed E-state index contributed by atoms with van der Waals surface area (Å²) in [5.41, 5.74) is 8.05. The van der Waals surface area contributed by atoms with Crippen LogP contribution in [0.3, 0.4) is 0 Å². The van der Waals surface area contributed by atoms with E-state index in [0.717, 1.165) is 50.9 Å². The zero-order chi connectivity index (χ0) is 42.4. The van der Waals surface area contributed by atoms with Crippen LogP contribution >= 0.6 is 0 Å². The average molecular weight is 827 g/mol. The Kier molecular flexibility index (Phi) is 19.6. The van der Waals surface area contributed by atoms with Crippen LogP contribution in [0.1, 0.15) is 69.5 Å². The third kappa shape index (κ3) is 15.5. The zero-order valence-electron chi connectivity index (χ0n) is 35.7. The van der Waals surface area contributed by atoms with Gasteiger partial charge in [0.05, 0.1) is 32.3 Å². The average Bonchev–Trinajstić information content (AvgIpc) is 4.07. The molecule has 2 aromatic carbocycles. The predicted octanol–water partition coefficient (Wildman–Crippen LogP) is 4.21. The number of unbranched alkanes of at least 4 members (excludes halogenated alkanes) is 1. The Morgan fingerprint density at radius 2 is 1.48 bits per heavy atom. The Labute approximate surface area is 355 Å². The van der Waals surface area contributed by atoms with Gasteiger partial charge in [0, 0.05) is 96.2 Å². The van der Waals surface area contributed by atoms with E-state index in [1.807, 2.05) is 71.5 Å². The minimum absolute atomic E-state index is 0.0143. The molecule has 1 unspecified atom stereocenters. The Morgan fingerprint density at radius 1 is 0.783 bits per heavy atom. The van der Waals surface area contributed by atoms with E-state index in [-0.39, 0.29) is 43.5 Å². The fourth-order valence-electron chi connectivity index (χ4n) is 7.40. The molecular formula is C45H66N10O5. The van der Waals surface area contributed by atoms with Gasteiger partial charge in [0.2, 0.25) is 18.6 Å². The maximum atomic E-state index is 14.3. The van der Waals surface area contributed by atoms with Gasteiger partial charge in [-0.3, -0.25) is 19.3 Å². The number of nitrogens with two attached hydrogens (primary N) is 1. The lowest BCUT2D eigenvalue weighted by Gasteiger charge is -2.33. The van der Waals surface area contributed by atoms with Crippen LogP contribution in [-0.2, 0) is 34.0 Å². The fraction of sp³-hybridized carbons (Fsp3) is 0.533. The smallest absolute Gasteiger partial charge is 0.242 e. The highest BCUT2D eigenvalue weighted by molar-refractivity contribution is 5.85. The van der Waals surface area contributed by atoms with Gasteiger partial charge in [-0.15, -0.1) is 0 Å². The Balaban J connectivity index is 1.25. The number of Topliss-reactive ketones (excluding diaryl/α,β-unsaturated/α-hetero) is 1. The van der Waals surface area contributed by atoms with Crippen molar-refractivity contribution >= 4 is 17.6 Å². The Morgan fingerprint density at radius 3 is 2.18 bits per heavy atom. The van der Waals surface area contributed by atoms with Gasteiger partial charge in [-0.05, 0) is 75.4 Å². The molecule has 3 heterocycles. The monoisotopic (exact) mass is 827 g/mol. The second-order valence-corrected chi connectivity index (χ2v) is 15.5. The summed E-state index contributed by atoms with van der Waals surface area (Å²) in [6.45, 7) is 11.8. The molecule has 0 saturated carbocycles. The predicted molar refractivity (Wildman–Crippen MR) is 232 cm³/mol. The van der Waals surface area contributed by atoms with Crippen molar-refractivity contribution in [3.05, 3.63) is 97.1 Å². The van der Waals surface area contributed by atoms with Crippen LogP contribution in [0, 0.1) is 0 Å². The van der Waals surface area contributed by atoms with Gasteiger partial charge in [0.25, 0.3) is 0 Å². The molecule has 1 atom stereocenters. The van der Waals surface area contributed by atoms with E-state index in [9.17, 15) is 14.4 Å². The van der Waals surface area contributed by atoms with Crippen molar-refractivity contribution in [3.8, 4) is 11.5 Å². The summed E-state index contributed by atoms with van der Waals surface area (Å²) in [5.74, 6) is 1.44. The first-order valence-electron chi connectivity index (χ1n) is 21.6. The van der Waals surface area contributed by atoms with Gasteiger partial charge in [-0.25, -0.2) is 9.97 Å². The number of benzene rings is 2. The lowest BCUT2D eigenvalue weighted by Crippen LogP contribution is -2.48. The van der Waals surface area contributed by atoms with Gasteiger partial charge in [0.15, 0.2) is 11.5 Å². The third-order valence-corrected chi connectivity index (χ3v) is 10.9. The van der Waals surface area contributed by atoms with E-state index in [0.29, 0.717) is 83.2 Å².